The van der Waals surface area contributed by atoms with Crippen LogP contribution < -0.4 is 0 Å². The Labute approximate surface area is 107 Å². The minimum atomic E-state index is -0.347. The Morgan fingerprint density at radius 1 is 1.19 bits per heavy atom. The van der Waals surface area contributed by atoms with Crippen molar-refractivity contribution in [1.82, 2.24) is 0 Å². The predicted molar refractivity (Wildman–Crippen MR) is 70.2 cm³/mol. The fourth-order valence-electron chi connectivity index (χ4n) is 1.49. The molecule has 1 N–H and O–H groups in total. The van der Waals surface area contributed by atoms with Crippen LogP contribution >= 0.6 is 23.2 Å². The van der Waals surface area contributed by atoms with Crippen LogP contribution in [-0.2, 0) is 6.42 Å². The molecule has 0 aromatic heterocycles. The van der Waals surface area contributed by atoms with Gasteiger partial charge in [-0.25, -0.2) is 0 Å². The SMILES string of the molecule is CC(C)(C)C(O)CCc1c(Cl)cccc1Cl. The molecule has 0 amide bonds. The Morgan fingerprint density at radius 3 is 2.12 bits per heavy atom. The second-order valence-electron chi connectivity index (χ2n) is 5.12. The molecular weight excluding hydrogens is 243 g/mol. The van der Waals surface area contributed by atoms with Gasteiger partial charge in [0.05, 0.1) is 6.10 Å². The maximum atomic E-state index is 9.94. The Kier molecular flexibility index (Phi) is 4.66. The number of hydrogen-bond acceptors (Lipinski definition) is 1. The summed E-state index contributed by atoms with van der Waals surface area (Å²) in [6, 6.07) is 5.48. The van der Waals surface area contributed by atoms with Crippen molar-refractivity contribution in [3.63, 3.8) is 0 Å². The average molecular weight is 261 g/mol. The molecule has 1 unspecified atom stereocenters. The van der Waals surface area contributed by atoms with Gasteiger partial charge in [0, 0.05) is 10.0 Å². The minimum absolute atomic E-state index is 0.103. The van der Waals surface area contributed by atoms with Crippen molar-refractivity contribution < 1.29 is 5.11 Å². The lowest BCUT2D eigenvalue weighted by atomic mass is 9.86. The van der Waals surface area contributed by atoms with Crippen molar-refractivity contribution in [3.05, 3.63) is 33.8 Å². The van der Waals surface area contributed by atoms with E-state index in [0.717, 1.165) is 5.56 Å². The third-order valence-corrected chi connectivity index (χ3v) is 3.44. The quantitative estimate of drug-likeness (QED) is 0.858. The van der Waals surface area contributed by atoms with Crippen molar-refractivity contribution in [2.45, 2.75) is 39.7 Å². The maximum Gasteiger partial charge on any atom is 0.0591 e. The highest BCUT2D eigenvalue weighted by atomic mass is 35.5. The molecule has 90 valence electrons. The second-order valence-corrected chi connectivity index (χ2v) is 5.94. The normalized spacial score (nSPS) is 13.9. The average Bonchev–Trinajstić information content (AvgIpc) is 2.15. The zero-order valence-electron chi connectivity index (χ0n) is 9.93. The van der Waals surface area contributed by atoms with Gasteiger partial charge in [0.25, 0.3) is 0 Å². The van der Waals surface area contributed by atoms with E-state index in [0.29, 0.717) is 22.9 Å². The van der Waals surface area contributed by atoms with Crippen LogP contribution in [0.2, 0.25) is 10.0 Å². The van der Waals surface area contributed by atoms with Crippen LogP contribution in [0.25, 0.3) is 0 Å². The third-order valence-electron chi connectivity index (χ3n) is 2.73. The first-order valence-corrected chi connectivity index (χ1v) is 6.19. The van der Waals surface area contributed by atoms with Crippen molar-refractivity contribution in [2.24, 2.45) is 5.41 Å². The van der Waals surface area contributed by atoms with E-state index in [1.54, 1.807) is 0 Å². The van der Waals surface area contributed by atoms with E-state index in [-0.39, 0.29) is 11.5 Å². The first-order chi connectivity index (χ1) is 7.32. The van der Waals surface area contributed by atoms with Crippen molar-refractivity contribution in [3.8, 4) is 0 Å². The molecule has 0 spiro atoms. The lowest BCUT2D eigenvalue weighted by Gasteiger charge is -2.26. The summed E-state index contributed by atoms with van der Waals surface area (Å²) >= 11 is 12.1. The Hall–Kier alpha value is -0.240. The van der Waals surface area contributed by atoms with E-state index in [2.05, 4.69) is 0 Å². The Morgan fingerprint density at radius 2 is 1.69 bits per heavy atom. The second kappa shape index (κ2) is 5.39. The summed E-state index contributed by atoms with van der Waals surface area (Å²) < 4.78 is 0. The molecule has 0 radical (unpaired) electrons. The van der Waals surface area contributed by atoms with Crippen molar-refractivity contribution in [2.75, 3.05) is 0 Å². The van der Waals surface area contributed by atoms with Gasteiger partial charge >= 0.3 is 0 Å². The van der Waals surface area contributed by atoms with E-state index in [1.165, 1.54) is 0 Å². The molecule has 0 saturated heterocycles. The standard InChI is InChI=1S/C13H18Cl2O/c1-13(2,3)12(16)8-7-9-10(14)5-4-6-11(9)15/h4-6,12,16H,7-8H2,1-3H3. The monoisotopic (exact) mass is 260 g/mol. The van der Waals surface area contributed by atoms with Crippen LogP contribution in [0.4, 0.5) is 0 Å². The number of hydrogen-bond donors (Lipinski definition) is 1. The molecule has 0 aliphatic carbocycles. The third kappa shape index (κ3) is 3.65. The summed E-state index contributed by atoms with van der Waals surface area (Å²) in [7, 11) is 0. The van der Waals surface area contributed by atoms with E-state index in [4.69, 9.17) is 23.2 Å². The summed E-state index contributed by atoms with van der Waals surface area (Å²) in [5, 5.41) is 11.3. The highest BCUT2D eigenvalue weighted by molar-refractivity contribution is 6.35. The van der Waals surface area contributed by atoms with Crippen LogP contribution in [0.3, 0.4) is 0 Å². The van der Waals surface area contributed by atoms with Crippen LogP contribution in [0.15, 0.2) is 18.2 Å². The van der Waals surface area contributed by atoms with Crippen LogP contribution in [0, 0.1) is 5.41 Å². The smallest absolute Gasteiger partial charge is 0.0591 e. The van der Waals surface area contributed by atoms with Gasteiger partial charge in [0.2, 0.25) is 0 Å². The summed E-state index contributed by atoms with van der Waals surface area (Å²) in [5.74, 6) is 0. The molecule has 0 saturated carbocycles. The van der Waals surface area contributed by atoms with Gasteiger partial charge in [0.15, 0.2) is 0 Å². The largest absolute Gasteiger partial charge is 0.393 e. The molecular formula is C13H18Cl2O. The molecule has 0 bridgehead atoms. The van der Waals surface area contributed by atoms with Crippen LogP contribution in [0.1, 0.15) is 32.8 Å². The first kappa shape index (κ1) is 13.8. The molecule has 0 fully saturated rings. The van der Waals surface area contributed by atoms with Crippen molar-refractivity contribution in [1.29, 1.82) is 0 Å². The van der Waals surface area contributed by atoms with Gasteiger partial charge in [-0.15, -0.1) is 0 Å². The fraction of sp³-hybridized carbons (Fsp3) is 0.538. The highest BCUT2D eigenvalue weighted by Gasteiger charge is 2.22. The lowest BCUT2D eigenvalue weighted by Crippen LogP contribution is -2.26. The topological polar surface area (TPSA) is 20.2 Å². The lowest BCUT2D eigenvalue weighted by molar-refractivity contribution is 0.0560. The van der Waals surface area contributed by atoms with Crippen LogP contribution in [-0.4, -0.2) is 11.2 Å². The Balaban J connectivity index is 2.69. The summed E-state index contributed by atoms with van der Waals surface area (Å²) in [4.78, 5) is 0. The highest BCUT2D eigenvalue weighted by Crippen LogP contribution is 2.28. The zero-order chi connectivity index (χ0) is 12.3. The summed E-state index contributed by atoms with van der Waals surface area (Å²) in [6.07, 6.45) is 1.03. The molecule has 1 atom stereocenters. The molecule has 1 rings (SSSR count). The van der Waals surface area contributed by atoms with Gasteiger partial charge in [-0.1, -0.05) is 50.0 Å². The van der Waals surface area contributed by atoms with Crippen LogP contribution in [0.5, 0.6) is 0 Å². The van der Waals surface area contributed by atoms with E-state index < -0.39 is 0 Å². The van der Waals surface area contributed by atoms with Crippen molar-refractivity contribution >= 4 is 23.2 Å². The van der Waals surface area contributed by atoms with E-state index in [9.17, 15) is 5.11 Å². The molecule has 3 heteroatoms. The molecule has 1 aromatic rings. The molecule has 0 heterocycles. The van der Waals surface area contributed by atoms with Gasteiger partial charge < -0.3 is 5.11 Å². The molecule has 0 aliphatic rings. The fourth-order valence-corrected chi connectivity index (χ4v) is 2.07. The van der Waals surface area contributed by atoms with Gasteiger partial charge in [-0.3, -0.25) is 0 Å². The van der Waals surface area contributed by atoms with E-state index >= 15 is 0 Å². The molecule has 1 aromatic carbocycles. The van der Waals surface area contributed by atoms with E-state index in [1.807, 2.05) is 39.0 Å². The first-order valence-electron chi connectivity index (χ1n) is 5.43. The zero-order valence-corrected chi connectivity index (χ0v) is 11.4. The van der Waals surface area contributed by atoms with Gasteiger partial charge in [-0.2, -0.15) is 0 Å². The Bertz CT molecular complexity index is 335. The minimum Gasteiger partial charge on any atom is -0.393 e. The molecule has 0 aliphatic heterocycles. The van der Waals surface area contributed by atoms with Gasteiger partial charge in [0.1, 0.15) is 0 Å². The summed E-state index contributed by atoms with van der Waals surface area (Å²) in [5.41, 5.74) is 0.822. The summed E-state index contributed by atoms with van der Waals surface area (Å²) in [6.45, 7) is 6.06. The maximum absolute atomic E-state index is 9.94. The number of rotatable bonds is 3. The number of halogens is 2. The number of aliphatic hydroxyl groups excluding tert-OH is 1. The number of benzene rings is 1. The molecule has 1 nitrogen and oxygen atoms in total. The van der Waals surface area contributed by atoms with Gasteiger partial charge in [-0.05, 0) is 36.0 Å². The predicted octanol–water partition coefficient (Wildman–Crippen LogP) is 4.33. The molecule has 16 heavy (non-hydrogen) atoms. The number of aliphatic hydroxyl groups is 1.